The third-order valence-electron chi connectivity index (χ3n) is 2.90. The van der Waals surface area contributed by atoms with E-state index in [1.165, 1.54) is 0 Å². The Labute approximate surface area is 115 Å². The number of nitrogens with zero attached hydrogens (tertiary/aromatic N) is 2. The largest absolute Gasteiger partial charge is 0.383 e. The maximum atomic E-state index is 11.8. The van der Waals surface area contributed by atoms with Crippen molar-refractivity contribution in [2.24, 2.45) is 0 Å². The van der Waals surface area contributed by atoms with Crippen LogP contribution in [0, 0.1) is 0 Å². The molecule has 0 bridgehead atoms. The maximum absolute atomic E-state index is 11.8. The van der Waals surface area contributed by atoms with Crippen LogP contribution in [0.25, 0.3) is 0 Å². The van der Waals surface area contributed by atoms with Gasteiger partial charge in [-0.25, -0.2) is 8.42 Å². The highest BCUT2D eigenvalue weighted by Gasteiger charge is 2.16. The molecule has 6 nitrogen and oxygen atoms in total. The summed E-state index contributed by atoms with van der Waals surface area (Å²) in [5, 5.41) is 7.03. The van der Waals surface area contributed by atoms with Crippen molar-refractivity contribution in [3.8, 4) is 0 Å². The molecule has 7 heteroatoms. The fourth-order valence-electron chi connectivity index (χ4n) is 1.55. The van der Waals surface area contributed by atoms with Gasteiger partial charge in [0.1, 0.15) is 0 Å². The lowest BCUT2D eigenvalue weighted by molar-refractivity contribution is 0.199. The Balaban J connectivity index is 2.49. The first-order valence-electron chi connectivity index (χ1n) is 6.39. The molecule has 1 aromatic heterocycles. The monoisotopic (exact) mass is 289 g/mol. The van der Waals surface area contributed by atoms with Gasteiger partial charge in [-0.05, 0) is 19.9 Å². The summed E-state index contributed by atoms with van der Waals surface area (Å²) in [6.07, 6.45) is 1.69. The molecule has 19 heavy (non-hydrogen) atoms. The molecule has 0 aromatic carbocycles. The SMILES string of the molecule is COCCNCc1ccnn1CCS(=O)(=O)C(C)C. The van der Waals surface area contributed by atoms with Gasteiger partial charge in [0.25, 0.3) is 0 Å². The minimum absolute atomic E-state index is 0.122. The first-order chi connectivity index (χ1) is 8.97. The van der Waals surface area contributed by atoms with Crippen molar-refractivity contribution in [3.05, 3.63) is 18.0 Å². The molecule has 0 aliphatic heterocycles. The van der Waals surface area contributed by atoms with Gasteiger partial charge in [0.2, 0.25) is 0 Å². The Morgan fingerprint density at radius 2 is 2.21 bits per heavy atom. The zero-order chi connectivity index (χ0) is 14.3. The molecule has 0 saturated carbocycles. The van der Waals surface area contributed by atoms with Crippen molar-refractivity contribution in [2.75, 3.05) is 26.0 Å². The molecule has 1 N–H and O–H groups in total. The van der Waals surface area contributed by atoms with Crippen LogP contribution in [0.2, 0.25) is 0 Å². The minimum Gasteiger partial charge on any atom is -0.383 e. The third-order valence-corrected chi connectivity index (χ3v) is 5.09. The van der Waals surface area contributed by atoms with Crippen LogP contribution in [-0.4, -0.2) is 49.5 Å². The van der Waals surface area contributed by atoms with Crippen LogP contribution in [0.1, 0.15) is 19.5 Å². The van der Waals surface area contributed by atoms with E-state index >= 15 is 0 Å². The highest BCUT2D eigenvalue weighted by Crippen LogP contribution is 2.04. The normalized spacial score (nSPS) is 12.2. The number of hydrogen-bond acceptors (Lipinski definition) is 5. The molecule has 1 rings (SSSR count). The fourth-order valence-corrected chi connectivity index (χ4v) is 2.45. The Morgan fingerprint density at radius 1 is 1.47 bits per heavy atom. The van der Waals surface area contributed by atoms with E-state index in [1.807, 2.05) is 6.07 Å². The summed E-state index contributed by atoms with van der Waals surface area (Å²) in [6, 6.07) is 1.89. The molecule has 0 saturated heterocycles. The number of methoxy groups -OCH3 is 1. The van der Waals surface area contributed by atoms with Gasteiger partial charge in [0, 0.05) is 26.4 Å². The smallest absolute Gasteiger partial charge is 0.154 e. The van der Waals surface area contributed by atoms with Gasteiger partial charge in [0.05, 0.1) is 29.8 Å². The van der Waals surface area contributed by atoms with Crippen molar-refractivity contribution >= 4 is 9.84 Å². The van der Waals surface area contributed by atoms with E-state index in [9.17, 15) is 8.42 Å². The molecule has 0 spiro atoms. The van der Waals surface area contributed by atoms with Crippen LogP contribution in [0.5, 0.6) is 0 Å². The number of rotatable bonds is 9. The maximum Gasteiger partial charge on any atom is 0.154 e. The number of hydrogen-bond donors (Lipinski definition) is 1. The van der Waals surface area contributed by atoms with E-state index in [1.54, 1.807) is 31.8 Å². The number of aryl methyl sites for hydroxylation is 1. The standard InChI is InChI=1S/C12H23N3O3S/c1-11(2)19(16,17)9-7-15-12(4-5-14-15)10-13-6-8-18-3/h4-5,11,13H,6-10H2,1-3H3. The molecule has 0 aliphatic rings. The highest BCUT2D eigenvalue weighted by molar-refractivity contribution is 7.91. The Bertz CT molecular complexity index is 468. The fraction of sp³-hybridized carbons (Fsp3) is 0.750. The number of nitrogens with one attached hydrogen (secondary N) is 1. The highest BCUT2D eigenvalue weighted by atomic mass is 32.2. The molecule has 1 aromatic rings. The summed E-state index contributed by atoms with van der Waals surface area (Å²) in [4.78, 5) is 0. The molecule has 0 radical (unpaired) electrons. The zero-order valence-corrected chi connectivity index (χ0v) is 12.6. The second-order valence-electron chi connectivity index (χ2n) is 4.63. The van der Waals surface area contributed by atoms with Gasteiger partial charge in [-0.15, -0.1) is 0 Å². The summed E-state index contributed by atoms with van der Waals surface area (Å²) in [5.74, 6) is 0.122. The molecular weight excluding hydrogens is 266 g/mol. The summed E-state index contributed by atoms with van der Waals surface area (Å²) in [5.41, 5.74) is 0.982. The van der Waals surface area contributed by atoms with Gasteiger partial charge in [-0.3, -0.25) is 4.68 Å². The molecule has 0 amide bonds. The topological polar surface area (TPSA) is 73.2 Å². The quantitative estimate of drug-likeness (QED) is 0.668. The lowest BCUT2D eigenvalue weighted by atomic mass is 10.4. The second kappa shape index (κ2) is 7.62. The third kappa shape index (κ3) is 5.30. The van der Waals surface area contributed by atoms with Crippen LogP contribution >= 0.6 is 0 Å². The van der Waals surface area contributed by atoms with Crippen molar-refractivity contribution < 1.29 is 13.2 Å². The lowest BCUT2D eigenvalue weighted by Gasteiger charge is -2.10. The molecule has 0 unspecified atom stereocenters. The van der Waals surface area contributed by atoms with Crippen LogP contribution in [0.15, 0.2) is 12.3 Å². The minimum atomic E-state index is -3.02. The molecule has 110 valence electrons. The van der Waals surface area contributed by atoms with Crippen molar-refractivity contribution in [1.82, 2.24) is 15.1 Å². The van der Waals surface area contributed by atoms with Crippen LogP contribution < -0.4 is 5.32 Å². The van der Waals surface area contributed by atoms with E-state index in [0.29, 0.717) is 19.7 Å². The predicted octanol–water partition coefficient (Wildman–Crippen LogP) is 0.442. The Hall–Kier alpha value is -0.920. The predicted molar refractivity (Wildman–Crippen MR) is 74.7 cm³/mol. The average molecular weight is 289 g/mol. The number of sulfone groups is 1. The average Bonchev–Trinajstić information content (AvgIpc) is 2.79. The van der Waals surface area contributed by atoms with E-state index < -0.39 is 9.84 Å². The van der Waals surface area contributed by atoms with E-state index in [4.69, 9.17) is 4.74 Å². The van der Waals surface area contributed by atoms with E-state index in [-0.39, 0.29) is 11.0 Å². The second-order valence-corrected chi connectivity index (χ2v) is 7.31. The van der Waals surface area contributed by atoms with Crippen molar-refractivity contribution in [2.45, 2.75) is 32.2 Å². The first-order valence-corrected chi connectivity index (χ1v) is 8.11. The molecule has 0 atom stereocenters. The molecule has 1 heterocycles. The van der Waals surface area contributed by atoms with E-state index in [2.05, 4.69) is 10.4 Å². The van der Waals surface area contributed by atoms with Gasteiger partial charge in [0.15, 0.2) is 9.84 Å². The lowest BCUT2D eigenvalue weighted by Crippen LogP contribution is -2.24. The van der Waals surface area contributed by atoms with Crippen LogP contribution in [-0.2, 0) is 27.7 Å². The Morgan fingerprint density at radius 3 is 2.84 bits per heavy atom. The number of aromatic nitrogens is 2. The Kier molecular flexibility index (Phi) is 6.47. The summed E-state index contributed by atoms with van der Waals surface area (Å²) in [7, 11) is -1.37. The molecule has 0 fully saturated rings. The van der Waals surface area contributed by atoms with Gasteiger partial charge >= 0.3 is 0 Å². The summed E-state index contributed by atoms with van der Waals surface area (Å²) < 4.78 is 30.2. The van der Waals surface area contributed by atoms with Gasteiger partial charge < -0.3 is 10.1 Å². The van der Waals surface area contributed by atoms with Gasteiger partial charge in [-0.2, -0.15) is 5.10 Å². The molecule has 0 aliphatic carbocycles. The van der Waals surface area contributed by atoms with Crippen molar-refractivity contribution in [1.29, 1.82) is 0 Å². The summed E-state index contributed by atoms with van der Waals surface area (Å²) >= 11 is 0. The van der Waals surface area contributed by atoms with E-state index in [0.717, 1.165) is 12.2 Å². The van der Waals surface area contributed by atoms with Crippen LogP contribution in [0.4, 0.5) is 0 Å². The summed E-state index contributed by atoms with van der Waals surface area (Å²) in [6.45, 7) is 5.86. The zero-order valence-electron chi connectivity index (χ0n) is 11.8. The van der Waals surface area contributed by atoms with Crippen LogP contribution in [0.3, 0.4) is 0 Å². The molecular formula is C12H23N3O3S. The number of ether oxygens (including phenoxy) is 1. The van der Waals surface area contributed by atoms with Gasteiger partial charge in [-0.1, -0.05) is 0 Å². The van der Waals surface area contributed by atoms with Crippen molar-refractivity contribution in [3.63, 3.8) is 0 Å². The first kappa shape index (κ1) is 16.1.